The third kappa shape index (κ3) is 2.82. The highest BCUT2D eigenvalue weighted by molar-refractivity contribution is 7.22. The van der Waals surface area contributed by atoms with E-state index in [1.165, 1.54) is 4.70 Å². The molecule has 0 aliphatic carbocycles. The van der Waals surface area contributed by atoms with Crippen LogP contribution in [0.5, 0.6) is 5.75 Å². The van der Waals surface area contributed by atoms with E-state index in [2.05, 4.69) is 22.3 Å². The Labute approximate surface area is 117 Å². The number of anilines is 1. The predicted octanol–water partition coefficient (Wildman–Crippen LogP) is 2.49. The van der Waals surface area contributed by atoms with Crippen LogP contribution in [0.25, 0.3) is 10.2 Å². The van der Waals surface area contributed by atoms with Gasteiger partial charge in [0, 0.05) is 26.2 Å². The van der Waals surface area contributed by atoms with Crippen LogP contribution in [-0.2, 0) is 0 Å². The number of nitrogens with one attached hydrogen (secondary N) is 1. The molecule has 3 rings (SSSR count). The first-order valence-corrected chi connectivity index (χ1v) is 7.57. The van der Waals surface area contributed by atoms with Gasteiger partial charge in [-0.05, 0) is 32.0 Å². The summed E-state index contributed by atoms with van der Waals surface area (Å²) in [5.41, 5.74) is 1.06. The Morgan fingerprint density at radius 1 is 1.32 bits per heavy atom. The number of hydrogen-bond acceptors (Lipinski definition) is 5. The van der Waals surface area contributed by atoms with Gasteiger partial charge in [-0.15, -0.1) is 0 Å². The largest absolute Gasteiger partial charge is 0.491 e. The number of ether oxygens (including phenoxy) is 1. The summed E-state index contributed by atoms with van der Waals surface area (Å²) < 4.78 is 6.93. The third-order valence-electron chi connectivity index (χ3n) is 3.11. The van der Waals surface area contributed by atoms with Crippen LogP contribution in [0.4, 0.5) is 5.13 Å². The van der Waals surface area contributed by atoms with Gasteiger partial charge in [0.2, 0.25) is 0 Å². The number of aromatic nitrogens is 1. The normalized spacial score (nSPS) is 16.3. The van der Waals surface area contributed by atoms with Gasteiger partial charge >= 0.3 is 0 Å². The first-order valence-electron chi connectivity index (χ1n) is 6.75. The average Bonchev–Trinajstić information content (AvgIpc) is 2.82. The van der Waals surface area contributed by atoms with Crippen LogP contribution in [-0.4, -0.2) is 37.3 Å². The molecule has 4 nitrogen and oxygen atoms in total. The fourth-order valence-corrected chi connectivity index (χ4v) is 3.28. The van der Waals surface area contributed by atoms with Crippen molar-refractivity contribution in [3.8, 4) is 5.75 Å². The molecule has 1 aromatic heterocycles. The van der Waals surface area contributed by atoms with Crippen LogP contribution in [0.3, 0.4) is 0 Å². The van der Waals surface area contributed by atoms with Crippen molar-refractivity contribution in [1.82, 2.24) is 10.3 Å². The topological polar surface area (TPSA) is 37.4 Å². The Balaban J connectivity index is 1.87. The molecule has 0 saturated carbocycles. The maximum Gasteiger partial charge on any atom is 0.186 e. The molecule has 1 fully saturated rings. The molecule has 0 amide bonds. The van der Waals surface area contributed by atoms with Crippen LogP contribution in [0.2, 0.25) is 0 Å². The molecule has 1 saturated heterocycles. The zero-order valence-electron chi connectivity index (χ0n) is 11.3. The van der Waals surface area contributed by atoms with Crippen molar-refractivity contribution in [3.05, 3.63) is 18.2 Å². The molecule has 2 aromatic rings. The molecule has 0 radical (unpaired) electrons. The van der Waals surface area contributed by atoms with E-state index in [1.54, 1.807) is 11.3 Å². The summed E-state index contributed by atoms with van der Waals surface area (Å²) in [5.74, 6) is 0.929. The first kappa shape index (κ1) is 12.7. The fourth-order valence-electron chi connectivity index (χ4n) is 2.23. The van der Waals surface area contributed by atoms with E-state index in [4.69, 9.17) is 9.72 Å². The Hall–Kier alpha value is -1.33. The van der Waals surface area contributed by atoms with Gasteiger partial charge in [-0.2, -0.15) is 0 Å². The molecule has 102 valence electrons. The second kappa shape index (κ2) is 5.35. The Morgan fingerprint density at radius 2 is 2.11 bits per heavy atom. The second-order valence-corrected chi connectivity index (χ2v) is 6.04. The molecule has 1 N–H and O–H groups in total. The maximum absolute atomic E-state index is 5.73. The molecule has 5 heteroatoms. The summed E-state index contributed by atoms with van der Waals surface area (Å²) in [7, 11) is 0. The molecule has 2 heterocycles. The van der Waals surface area contributed by atoms with E-state index in [-0.39, 0.29) is 6.10 Å². The number of nitrogens with zero attached hydrogens (tertiary/aromatic N) is 2. The van der Waals surface area contributed by atoms with Gasteiger partial charge < -0.3 is 15.0 Å². The zero-order valence-corrected chi connectivity index (χ0v) is 12.2. The summed E-state index contributed by atoms with van der Waals surface area (Å²) in [6.07, 6.45) is 0.206. The van der Waals surface area contributed by atoms with Gasteiger partial charge in [0.05, 0.1) is 16.3 Å². The van der Waals surface area contributed by atoms with Crippen molar-refractivity contribution in [3.63, 3.8) is 0 Å². The summed E-state index contributed by atoms with van der Waals surface area (Å²) in [4.78, 5) is 7.07. The number of fused-ring (bicyclic) bond motifs is 1. The standard InChI is InChI=1S/C14H19N3OS/c1-10(2)18-11-3-4-12-13(9-11)19-14(16-12)17-7-5-15-6-8-17/h3-4,9-10,15H,5-8H2,1-2H3. The van der Waals surface area contributed by atoms with Crippen molar-refractivity contribution >= 4 is 26.7 Å². The van der Waals surface area contributed by atoms with E-state index in [9.17, 15) is 0 Å². The van der Waals surface area contributed by atoms with E-state index < -0.39 is 0 Å². The smallest absolute Gasteiger partial charge is 0.186 e. The molecule has 0 spiro atoms. The lowest BCUT2D eigenvalue weighted by Crippen LogP contribution is -2.43. The first-order chi connectivity index (χ1) is 9.22. The molecule has 0 unspecified atom stereocenters. The molecule has 1 aliphatic heterocycles. The Bertz CT molecular complexity index is 561. The minimum absolute atomic E-state index is 0.206. The molecular weight excluding hydrogens is 258 g/mol. The van der Waals surface area contributed by atoms with Crippen LogP contribution in [0.15, 0.2) is 18.2 Å². The zero-order chi connectivity index (χ0) is 13.2. The van der Waals surface area contributed by atoms with Crippen LogP contribution >= 0.6 is 11.3 Å². The number of benzene rings is 1. The minimum atomic E-state index is 0.206. The van der Waals surface area contributed by atoms with Crippen molar-refractivity contribution in [2.45, 2.75) is 20.0 Å². The number of rotatable bonds is 3. The van der Waals surface area contributed by atoms with E-state index >= 15 is 0 Å². The van der Waals surface area contributed by atoms with Gasteiger partial charge in [0.15, 0.2) is 5.13 Å². The Kier molecular flexibility index (Phi) is 3.57. The lowest BCUT2D eigenvalue weighted by atomic mass is 10.3. The van der Waals surface area contributed by atoms with Gasteiger partial charge in [0.25, 0.3) is 0 Å². The minimum Gasteiger partial charge on any atom is -0.491 e. The maximum atomic E-state index is 5.73. The summed E-state index contributed by atoms with van der Waals surface area (Å²) in [6, 6.07) is 6.15. The highest BCUT2D eigenvalue weighted by atomic mass is 32.1. The van der Waals surface area contributed by atoms with E-state index in [0.29, 0.717) is 0 Å². The van der Waals surface area contributed by atoms with Crippen molar-refractivity contribution < 1.29 is 4.74 Å². The molecule has 1 aromatic carbocycles. The molecule has 19 heavy (non-hydrogen) atoms. The number of hydrogen-bond donors (Lipinski definition) is 1. The van der Waals surface area contributed by atoms with Crippen LogP contribution < -0.4 is 15.0 Å². The highest BCUT2D eigenvalue weighted by Crippen LogP contribution is 2.31. The van der Waals surface area contributed by atoms with Gasteiger partial charge in [-0.3, -0.25) is 0 Å². The van der Waals surface area contributed by atoms with Crippen molar-refractivity contribution in [2.75, 3.05) is 31.1 Å². The van der Waals surface area contributed by atoms with Crippen LogP contribution in [0, 0.1) is 0 Å². The van der Waals surface area contributed by atoms with Gasteiger partial charge in [0.1, 0.15) is 5.75 Å². The monoisotopic (exact) mass is 277 g/mol. The lowest BCUT2D eigenvalue weighted by Gasteiger charge is -2.26. The van der Waals surface area contributed by atoms with Crippen molar-refractivity contribution in [2.24, 2.45) is 0 Å². The van der Waals surface area contributed by atoms with Crippen molar-refractivity contribution in [1.29, 1.82) is 0 Å². The van der Waals surface area contributed by atoms with Gasteiger partial charge in [-0.25, -0.2) is 4.98 Å². The molecule has 0 bridgehead atoms. The summed E-state index contributed by atoms with van der Waals surface area (Å²) >= 11 is 1.75. The molecule has 0 atom stereocenters. The Morgan fingerprint density at radius 3 is 2.84 bits per heavy atom. The number of thiazole rings is 1. The summed E-state index contributed by atoms with van der Waals surface area (Å²) in [5, 5.41) is 4.49. The van der Waals surface area contributed by atoms with E-state index in [1.807, 2.05) is 19.9 Å². The van der Waals surface area contributed by atoms with Crippen LogP contribution in [0.1, 0.15) is 13.8 Å². The predicted molar refractivity (Wildman–Crippen MR) is 80.5 cm³/mol. The van der Waals surface area contributed by atoms with Gasteiger partial charge in [-0.1, -0.05) is 11.3 Å². The third-order valence-corrected chi connectivity index (χ3v) is 4.19. The summed E-state index contributed by atoms with van der Waals surface area (Å²) in [6.45, 7) is 8.24. The molecular formula is C14H19N3OS. The highest BCUT2D eigenvalue weighted by Gasteiger charge is 2.15. The average molecular weight is 277 g/mol. The molecule has 1 aliphatic rings. The number of piperazine rings is 1. The fraction of sp³-hybridized carbons (Fsp3) is 0.500. The second-order valence-electron chi connectivity index (χ2n) is 5.03. The lowest BCUT2D eigenvalue weighted by molar-refractivity contribution is 0.243. The van der Waals surface area contributed by atoms with E-state index in [0.717, 1.165) is 42.6 Å². The SMILES string of the molecule is CC(C)Oc1ccc2nc(N3CCNCC3)sc2c1. The quantitative estimate of drug-likeness (QED) is 0.935.